The second-order valence-corrected chi connectivity index (χ2v) is 5.45. The van der Waals surface area contributed by atoms with Gasteiger partial charge in [-0.15, -0.1) is 0 Å². The van der Waals surface area contributed by atoms with Gasteiger partial charge in [-0.3, -0.25) is 0 Å². The number of aromatic nitrogens is 2. The normalized spacial score (nSPS) is 10.2. The van der Waals surface area contributed by atoms with Crippen LogP contribution in [0.3, 0.4) is 0 Å². The number of halogens is 2. The smallest absolute Gasteiger partial charge is 0.136 e. The third-order valence-corrected chi connectivity index (χ3v) is 3.44. The van der Waals surface area contributed by atoms with Gasteiger partial charge in [-0.2, -0.15) is 0 Å². The lowest BCUT2D eigenvalue weighted by Gasteiger charge is -2.10. The van der Waals surface area contributed by atoms with Gasteiger partial charge in [0, 0.05) is 22.1 Å². The average molecular weight is 372 g/mol. The minimum absolute atomic E-state index is 0.720. The van der Waals surface area contributed by atoms with Crippen LogP contribution in [-0.4, -0.2) is 17.0 Å². The standard InChI is InChI=1S/C12H12Br2N4/c1-7-16-11(15-2)6-12(17-7)18-10-4-3-8(13)5-9(10)14/h3-6H,1-2H3,(H2,15,16,17,18). The van der Waals surface area contributed by atoms with Crippen LogP contribution in [0.5, 0.6) is 0 Å². The van der Waals surface area contributed by atoms with Gasteiger partial charge in [0.05, 0.1) is 5.69 Å². The fraction of sp³-hybridized carbons (Fsp3) is 0.167. The van der Waals surface area contributed by atoms with E-state index in [2.05, 4.69) is 52.5 Å². The molecule has 0 aliphatic heterocycles. The Bertz CT molecular complexity index is 572. The first-order valence-electron chi connectivity index (χ1n) is 5.34. The quantitative estimate of drug-likeness (QED) is 0.852. The lowest BCUT2D eigenvalue weighted by Crippen LogP contribution is -2.01. The Morgan fingerprint density at radius 1 is 1.06 bits per heavy atom. The molecule has 0 saturated heterocycles. The zero-order valence-corrected chi connectivity index (χ0v) is 13.1. The summed E-state index contributed by atoms with van der Waals surface area (Å²) in [4.78, 5) is 8.59. The van der Waals surface area contributed by atoms with Crippen molar-refractivity contribution in [1.82, 2.24) is 9.97 Å². The molecule has 1 aromatic heterocycles. The molecular weight excluding hydrogens is 360 g/mol. The third kappa shape index (κ3) is 3.20. The molecule has 18 heavy (non-hydrogen) atoms. The summed E-state index contributed by atoms with van der Waals surface area (Å²) in [6.45, 7) is 1.86. The van der Waals surface area contributed by atoms with Crippen molar-refractivity contribution in [3.8, 4) is 0 Å². The molecule has 2 rings (SSSR count). The van der Waals surface area contributed by atoms with Crippen molar-refractivity contribution in [2.24, 2.45) is 0 Å². The zero-order chi connectivity index (χ0) is 13.1. The second-order valence-electron chi connectivity index (χ2n) is 3.68. The molecule has 0 aliphatic rings. The van der Waals surface area contributed by atoms with Crippen molar-refractivity contribution in [1.29, 1.82) is 0 Å². The van der Waals surface area contributed by atoms with E-state index in [1.165, 1.54) is 0 Å². The topological polar surface area (TPSA) is 49.8 Å². The Morgan fingerprint density at radius 2 is 1.78 bits per heavy atom. The number of benzene rings is 1. The Kier molecular flexibility index (Phi) is 4.19. The molecule has 0 aliphatic carbocycles. The van der Waals surface area contributed by atoms with Gasteiger partial charge in [0.25, 0.3) is 0 Å². The number of anilines is 3. The summed E-state index contributed by atoms with van der Waals surface area (Å²) < 4.78 is 1.99. The highest BCUT2D eigenvalue weighted by atomic mass is 79.9. The molecule has 0 bridgehead atoms. The number of nitrogens with one attached hydrogen (secondary N) is 2. The summed E-state index contributed by atoms with van der Waals surface area (Å²) in [7, 11) is 1.83. The first-order chi connectivity index (χ1) is 8.58. The first-order valence-corrected chi connectivity index (χ1v) is 6.92. The number of hydrogen-bond donors (Lipinski definition) is 2. The molecule has 0 spiro atoms. The minimum atomic E-state index is 0.720. The monoisotopic (exact) mass is 370 g/mol. The van der Waals surface area contributed by atoms with Crippen LogP contribution in [0.2, 0.25) is 0 Å². The Morgan fingerprint density at radius 3 is 2.44 bits per heavy atom. The number of nitrogens with zero attached hydrogens (tertiary/aromatic N) is 2. The predicted molar refractivity (Wildman–Crippen MR) is 81.4 cm³/mol. The minimum Gasteiger partial charge on any atom is -0.373 e. The van der Waals surface area contributed by atoms with Crippen LogP contribution in [0.4, 0.5) is 17.3 Å². The maximum Gasteiger partial charge on any atom is 0.136 e. The molecule has 6 heteroatoms. The van der Waals surface area contributed by atoms with Crippen molar-refractivity contribution in [2.75, 3.05) is 17.7 Å². The molecule has 1 heterocycles. The summed E-state index contributed by atoms with van der Waals surface area (Å²) in [6, 6.07) is 7.79. The predicted octanol–water partition coefficient (Wildman–Crippen LogP) is 4.10. The van der Waals surface area contributed by atoms with Gasteiger partial charge >= 0.3 is 0 Å². The van der Waals surface area contributed by atoms with Crippen molar-refractivity contribution in [2.45, 2.75) is 6.92 Å². The van der Waals surface area contributed by atoms with E-state index in [-0.39, 0.29) is 0 Å². The van der Waals surface area contributed by atoms with Crippen LogP contribution in [-0.2, 0) is 0 Å². The Labute approximate surface area is 122 Å². The largest absolute Gasteiger partial charge is 0.373 e. The molecular formula is C12H12Br2N4. The van der Waals surface area contributed by atoms with Crippen LogP contribution in [0.15, 0.2) is 33.2 Å². The molecule has 0 amide bonds. The maximum absolute atomic E-state index is 4.35. The first kappa shape index (κ1) is 13.3. The fourth-order valence-corrected chi connectivity index (χ4v) is 2.63. The average Bonchev–Trinajstić information content (AvgIpc) is 2.32. The molecule has 94 valence electrons. The third-order valence-electron chi connectivity index (χ3n) is 2.29. The van der Waals surface area contributed by atoms with Crippen molar-refractivity contribution in [3.63, 3.8) is 0 Å². The highest BCUT2D eigenvalue weighted by molar-refractivity contribution is 9.11. The van der Waals surface area contributed by atoms with E-state index < -0.39 is 0 Å². The highest BCUT2D eigenvalue weighted by Gasteiger charge is 2.04. The van der Waals surface area contributed by atoms with Crippen LogP contribution < -0.4 is 10.6 Å². The summed E-state index contributed by atoms with van der Waals surface area (Å²) in [6.07, 6.45) is 0. The SMILES string of the molecule is CNc1cc(Nc2ccc(Br)cc2Br)nc(C)n1. The van der Waals surface area contributed by atoms with E-state index in [0.717, 1.165) is 32.1 Å². The fourth-order valence-electron chi connectivity index (χ4n) is 1.49. The summed E-state index contributed by atoms with van der Waals surface area (Å²) in [5, 5.41) is 6.26. The number of hydrogen-bond acceptors (Lipinski definition) is 4. The van der Waals surface area contributed by atoms with E-state index in [9.17, 15) is 0 Å². The molecule has 0 unspecified atom stereocenters. The zero-order valence-electron chi connectivity index (χ0n) is 9.96. The lowest BCUT2D eigenvalue weighted by atomic mass is 10.3. The molecule has 0 saturated carbocycles. The van der Waals surface area contributed by atoms with Gasteiger partial charge in [-0.1, -0.05) is 15.9 Å². The maximum atomic E-state index is 4.35. The molecule has 0 radical (unpaired) electrons. The number of aryl methyl sites for hydroxylation is 1. The molecule has 4 nitrogen and oxygen atoms in total. The second kappa shape index (κ2) is 5.67. The van der Waals surface area contributed by atoms with E-state index in [0.29, 0.717) is 0 Å². The summed E-state index contributed by atoms with van der Waals surface area (Å²) in [5.74, 6) is 2.27. The summed E-state index contributed by atoms with van der Waals surface area (Å²) in [5.41, 5.74) is 0.957. The van der Waals surface area contributed by atoms with E-state index in [4.69, 9.17) is 0 Å². The van der Waals surface area contributed by atoms with Crippen LogP contribution in [0.25, 0.3) is 0 Å². The van der Waals surface area contributed by atoms with Gasteiger partial charge in [0.2, 0.25) is 0 Å². The Balaban J connectivity index is 2.30. The number of rotatable bonds is 3. The van der Waals surface area contributed by atoms with Gasteiger partial charge in [-0.05, 0) is 41.1 Å². The van der Waals surface area contributed by atoms with Gasteiger partial charge in [0.15, 0.2) is 0 Å². The lowest BCUT2D eigenvalue weighted by molar-refractivity contribution is 1.06. The van der Waals surface area contributed by atoms with E-state index >= 15 is 0 Å². The van der Waals surface area contributed by atoms with Crippen LogP contribution in [0, 0.1) is 6.92 Å². The van der Waals surface area contributed by atoms with Gasteiger partial charge in [0.1, 0.15) is 17.5 Å². The van der Waals surface area contributed by atoms with Gasteiger partial charge in [-0.25, -0.2) is 9.97 Å². The van der Waals surface area contributed by atoms with E-state index in [1.807, 2.05) is 38.2 Å². The molecule has 2 aromatic rings. The van der Waals surface area contributed by atoms with Gasteiger partial charge < -0.3 is 10.6 Å². The summed E-state index contributed by atoms with van der Waals surface area (Å²) >= 11 is 6.93. The molecule has 0 fully saturated rings. The highest BCUT2D eigenvalue weighted by Crippen LogP contribution is 2.28. The van der Waals surface area contributed by atoms with Crippen molar-refractivity contribution in [3.05, 3.63) is 39.0 Å². The molecule has 1 aromatic carbocycles. The van der Waals surface area contributed by atoms with Crippen molar-refractivity contribution < 1.29 is 0 Å². The molecule has 0 atom stereocenters. The Hall–Kier alpha value is -1.14. The van der Waals surface area contributed by atoms with E-state index in [1.54, 1.807) is 0 Å². The van der Waals surface area contributed by atoms with Crippen molar-refractivity contribution >= 4 is 49.2 Å². The van der Waals surface area contributed by atoms with Crippen LogP contribution >= 0.6 is 31.9 Å². The van der Waals surface area contributed by atoms with Crippen LogP contribution in [0.1, 0.15) is 5.82 Å². The molecule has 2 N–H and O–H groups in total.